The molecule has 0 spiro atoms. The van der Waals surface area contributed by atoms with Gasteiger partial charge in [-0.1, -0.05) is 29.8 Å². The molecule has 5 heteroatoms. The number of fused-ring (bicyclic) bond motifs is 1. The van der Waals surface area contributed by atoms with Crippen molar-refractivity contribution in [3.63, 3.8) is 0 Å². The zero-order chi connectivity index (χ0) is 15.2. The summed E-state index contributed by atoms with van der Waals surface area (Å²) in [5.74, 6) is -0.841. The van der Waals surface area contributed by atoms with Gasteiger partial charge in [0.25, 0.3) is 0 Å². The predicted octanol–water partition coefficient (Wildman–Crippen LogP) is 1.16. The van der Waals surface area contributed by atoms with Crippen molar-refractivity contribution in [3.05, 3.63) is 35.4 Å². The first-order chi connectivity index (χ1) is 9.97. The van der Waals surface area contributed by atoms with Crippen molar-refractivity contribution in [2.45, 2.75) is 31.3 Å². The highest BCUT2D eigenvalue weighted by atomic mass is 16.5. The molecular formula is C16H19NO4. The summed E-state index contributed by atoms with van der Waals surface area (Å²) in [4.78, 5) is 24.1. The fourth-order valence-corrected chi connectivity index (χ4v) is 3.45. The second kappa shape index (κ2) is 4.84. The molecule has 0 radical (unpaired) electrons. The number of nitrogens with one attached hydrogen (secondary N) is 1. The van der Waals surface area contributed by atoms with Crippen LogP contribution in [0.4, 0.5) is 0 Å². The van der Waals surface area contributed by atoms with Crippen LogP contribution in [0, 0.1) is 12.8 Å². The van der Waals surface area contributed by atoms with Crippen molar-refractivity contribution in [2.75, 3.05) is 13.7 Å². The van der Waals surface area contributed by atoms with Crippen LogP contribution in [0.1, 0.15) is 24.0 Å². The minimum atomic E-state index is -0.825. The van der Waals surface area contributed by atoms with Crippen LogP contribution in [0.2, 0.25) is 0 Å². The molecule has 0 saturated carbocycles. The van der Waals surface area contributed by atoms with Crippen LogP contribution in [0.15, 0.2) is 24.3 Å². The predicted molar refractivity (Wildman–Crippen MR) is 75.7 cm³/mol. The molecule has 2 aliphatic heterocycles. The maximum atomic E-state index is 12.1. The smallest absolute Gasteiger partial charge is 0.326 e. The zero-order valence-electron chi connectivity index (χ0n) is 12.4. The van der Waals surface area contributed by atoms with Crippen molar-refractivity contribution >= 4 is 11.9 Å². The lowest BCUT2D eigenvalue weighted by Crippen LogP contribution is -2.49. The van der Waals surface area contributed by atoms with E-state index in [9.17, 15) is 9.59 Å². The Hall–Kier alpha value is -1.88. The number of carbonyl (C=O) groups is 2. The Morgan fingerprint density at radius 3 is 2.67 bits per heavy atom. The van der Waals surface area contributed by atoms with Gasteiger partial charge in [-0.05, 0) is 19.4 Å². The quantitative estimate of drug-likeness (QED) is 0.828. The van der Waals surface area contributed by atoms with Gasteiger partial charge in [-0.25, -0.2) is 0 Å². The van der Waals surface area contributed by atoms with Gasteiger partial charge in [0.2, 0.25) is 0 Å². The topological polar surface area (TPSA) is 64.6 Å². The summed E-state index contributed by atoms with van der Waals surface area (Å²) in [6, 6.07) is 7.51. The first-order valence-electron chi connectivity index (χ1n) is 7.06. The summed E-state index contributed by atoms with van der Waals surface area (Å²) < 4.78 is 10.1. The lowest BCUT2D eigenvalue weighted by atomic mass is 9.78. The van der Waals surface area contributed by atoms with Crippen LogP contribution in [-0.2, 0) is 19.1 Å². The van der Waals surface area contributed by atoms with E-state index in [0.717, 1.165) is 11.1 Å². The monoisotopic (exact) mass is 289 g/mol. The summed E-state index contributed by atoms with van der Waals surface area (Å²) in [6.45, 7) is 4.15. The molecule has 3 rings (SSSR count). The number of aryl methyl sites for hydroxylation is 1. The minimum Gasteiger partial charge on any atom is -0.468 e. The zero-order valence-corrected chi connectivity index (χ0v) is 12.4. The van der Waals surface area contributed by atoms with Gasteiger partial charge in [0.15, 0.2) is 0 Å². The van der Waals surface area contributed by atoms with E-state index in [1.165, 1.54) is 7.11 Å². The molecule has 4 atom stereocenters. The van der Waals surface area contributed by atoms with E-state index in [1.54, 1.807) is 6.92 Å². The third kappa shape index (κ3) is 2.03. The molecule has 1 aromatic carbocycles. The number of hydrogen-bond donors (Lipinski definition) is 1. The Morgan fingerprint density at radius 1 is 1.38 bits per heavy atom. The third-order valence-corrected chi connectivity index (χ3v) is 4.72. The molecule has 2 fully saturated rings. The summed E-state index contributed by atoms with van der Waals surface area (Å²) in [5.41, 5.74) is 1.35. The molecule has 2 saturated heterocycles. The summed E-state index contributed by atoms with van der Waals surface area (Å²) in [6.07, 6.45) is 0. The fraction of sp³-hybridized carbons (Fsp3) is 0.500. The highest BCUT2D eigenvalue weighted by Crippen LogP contribution is 2.46. The number of methoxy groups -OCH3 is 1. The first kappa shape index (κ1) is 14.1. The highest BCUT2D eigenvalue weighted by Gasteiger charge is 2.61. The largest absolute Gasteiger partial charge is 0.468 e. The van der Waals surface area contributed by atoms with E-state index in [2.05, 4.69) is 5.32 Å². The minimum absolute atomic E-state index is 0.0724. The molecule has 1 aromatic rings. The molecule has 0 amide bonds. The Morgan fingerprint density at radius 2 is 2.05 bits per heavy atom. The number of esters is 2. The maximum absolute atomic E-state index is 12.1. The fourth-order valence-electron chi connectivity index (χ4n) is 3.45. The van der Waals surface area contributed by atoms with Gasteiger partial charge >= 0.3 is 11.9 Å². The standard InChI is InChI=1S/C16H19NO4/c1-9-4-6-10(7-5-9)12-11-8-21-15(19)16(11,2)17-13(12)14(18)20-3/h4-7,11-13,17H,8H2,1-3H3/t11-,12-,13-,16+/m0/s1. The Kier molecular flexibility index (Phi) is 3.24. The molecule has 0 bridgehead atoms. The normalized spacial score (nSPS) is 34.4. The number of carbonyl (C=O) groups excluding carboxylic acids is 2. The Bertz CT molecular complexity index is 582. The van der Waals surface area contributed by atoms with E-state index in [4.69, 9.17) is 9.47 Å². The molecule has 0 aromatic heterocycles. The van der Waals surface area contributed by atoms with Crippen LogP contribution in [-0.4, -0.2) is 37.2 Å². The van der Waals surface area contributed by atoms with Gasteiger partial charge in [0, 0.05) is 11.8 Å². The second-order valence-electron chi connectivity index (χ2n) is 5.99. The first-order valence-corrected chi connectivity index (χ1v) is 7.06. The van der Waals surface area contributed by atoms with E-state index in [1.807, 2.05) is 31.2 Å². The average Bonchev–Trinajstić information content (AvgIpc) is 2.93. The highest BCUT2D eigenvalue weighted by molar-refractivity contribution is 5.87. The molecule has 2 aliphatic rings. The molecule has 2 heterocycles. The summed E-state index contributed by atoms with van der Waals surface area (Å²) in [7, 11) is 1.37. The van der Waals surface area contributed by atoms with E-state index in [0.29, 0.717) is 6.61 Å². The van der Waals surface area contributed by atoms with Crippen molar-refractivity contribution in [1.82, 2.24) is 5.32 Å². The Labute approximate surface area is 123 Å². The van der Waals surface area contributed by atoms with Crippen LogP contribution >= 0.6 is 0 Å². The summed E-state index contributed by atoms with van der Waals surface area (Å²) in [5, 5.41) is 3.14. The molecule has 0 aliphatic carbocycles. The molecular weight excluding hydrogens is 270 g/mol. The van der Waals surface area contributed by atoms with E-state index >= 15 is 0 Å². The third-order valence-electron chi connectivity index (χ3n) is 4.72. The van der Waals surface area contributed by atoms with E-state index < -0.39 is 11.6 Å². The van der Waals surface area contributed by atoms with Crippen molar-refractivity contribution in [1.29, 1.82) is 0 Å². The SMILES string of the molecule is COC(=O)[C@H]1N[C@@]2(C)C(=O)OC[C@H]2[C@@H]1c1ccc(C)cc1. The Balaban J connectivity index is 2.03. The lowest BCUT2D eigenvalue weighted by molar-refractivity contribution is -0.145. The molecule has 5 nitrogen and oxygen atoms in total. The lowest BCUT2D eigenvalue weighted by Gasteiger charge is -2.21. The van der Waals surface area contributed by atoms with Gasteiger partial charge in [0.1, 0.15) is 11.6 Å². The van der Waals surface area contributed by atoms with Gasteiger partial charge in [-0.3, -0.25) is 14.9 Å². The molecule has 112 valence electrons. The number of rotatable bonds is 2. The van der Waals surface area contributed by atoms with Crippen LogP contribution < -0.4 is 5.32 Å². The summed E-state index contributed by atoms with van der Waals surface area (Å²) >= 11 is 0. The van der Waals surface area contributed by atoms with Crippen LogP contribution in [0.3, 0.4) is 0 Å². The van der Waals surface area contributed by atoms with Gasteiger partial charge < -0.3 is 9.47 Å². The number of benzene rings is 1. The van der Waals surface area contributed by atoms with Crippen LogP contribution in [0.5, 0.6) is 0 Å². The van der Waals surface area contributed by atoms with Crippen LogP contribution in [0.25, 0.3) is 0 Å². The van der Waals surface area contributed by atoms with Gasteiger partial charge in [-0.15, -0.1) is 0 Å². The van der Waals surface area contributed by atoms with Gasteiger partial charge in [-0.2, -0.15) is 0 Å². The molecule has 0 unspecified atom stereocenters. The van der Waals surface area contributed by atoms with E-state index in [-0.39, 0.29) is 23.8 Å². The second-order valence-corrected chi connectivity index (χ2v) is 5.99. The molecule has 21 heavy (non-hydrogen) atoms. The average molecular weight is 289 g/mol. The maximum Gasteiger partial charge on any atom is 0.326 e. The van der Waals surface area contributed by atoms with Crippen molar-refractivity contribution in [3.8, 4) is 0 Å². The number of ether oxygens (including phenoxy) is 2. The number of hydrogen-bond acceptors (Lipinski definition) is 5. The van der Waals surface area contributed by atoms with Crippen molar-refractivity contribution < 1.29 is 19.1 Å². The molecule has 1 N–H and O–H groups in total. The van der Waals surface area contributed by atoms with Gasteiger partial charge in [0.05, 0.1) is 13.7 Å². The number of cyclic esters (lactones) is 1. The van der Waals surface area contributed by atoms with Crippen molar-refractivity contribution in [2.24, 2.45) is 5.92 Å².